The second-order valence-corrected chi connectivity index (χ2v) is 3.82. The Bertz CT molecular complexity index is 410. The number of nitrogens with zero attached hydrogens (tertiary/aromatic N) is 3. The highest BCUT2D eigenvalue weighted by atomic mass is 16.2. The fraction of sp³-hybridized carbons (Fsp3) is 0.556. The van der Waals surface area contributed by atoms with E-state index in [-0.39, 0.29) is 18.4 Å². The molecule has 0 spiro atoms. The second kappa shape index (κ2) is 4.30. The van der Waals surface area contributed by atoms with E-state index in [2.05, 4.69) is 20.9 Å². The van der Waals surface area contributed by atoms with E-state index in [1.54, 1.807) is 0 Å². The molecule has 0 bridgehead atoms. The van der Waals surface area contributed by atoms with Crippen molar-refractivity contribution in [3.05, 3.63) is 6.20 Å². The fourth-order valence-corrected chi connectivity index (χ4v) is 1.26. The van der Waals surface area contributed by atoms with E-state index in [9.17, 15) is 9.59 Å². The minimum absolute atomic E-state index is 0.0817. The fourth-order valence-electron chi connectivity index (χ4n) is 1.26. The van der Waals surface area contributed by atoms with Gasteiger partial charge in [-0.05, 0) is 12.8 Å². The lowest BCUT2D eigenvalue weighted by Gasteiger charge is -2.01. The highest BCUT2D eigenvalue weighted by Crippen LogP contribution is 2.18. The monoisotopic (exact) mass is 223 g/mol. The second-order valence-electron chi connectivity index (χ2n) is 3.82. The van der Waals surface area contributed by atoms with Crippen LogP contribution in [0.5, 0.6) is 0 Å². The number of hydrogen-bond donors (Lipinski definition) is 2. The van der Waals surface area contributed by atoms with E-state index < -0.39 is 0 Å². The zero-order chi connectivity index (χ0) is 11.5. The van der Waals surface area contributed by atoms with Gasteiger partial charge in [0, 0.05) is 13.0 Å². The maximum atomic E-state index is 11.4. The number of amides is 2. The summed E-state index contributed by atoms with van der Waals surface area (Å²) in [5.74, 6) is 0.0583. The van der Waals surface area contributed by atoms with Crippen LogP contribution in [0.1, 0.15) is 19.8 Å². The van der Waals surface area contributed by atoms with Crippen molar-refractivity contribution in [2.24, 2.45) is 0 Å². The van der Waals surface area contributed by atoms with Gasteiger partial charge in [0.2, 0.25) is 11.8 Å². The predicted molar refractivity (Wildman–Crippen MR) is 55.5 cm³/mol. The summed E-state index contributed by atoms with van der Waals surface area (Å²) in [7, 11) is 0. The highest BCUT2D eigenvalue weighted by molar-refractivity contribution is 5.87. The molecule has 1 aliphatic carbocycles. The maximum absolute atomic E-state index is 11.4. The minimum atomic E-state index is -0.213. The van der Waals surface area contributed by atoms with Gasteiger partial charge < -0.3 is 10.6 Å². The summed E-state index contributed by atoms with van der Waals surface area (Å²) in [6.45, 7) is 1.52. The molecule has 2 amide bonds. The molecule has 1 aromatic rings. The van der Waals surface area contributed by atoms with Crippen LogP contribution < -0.4 is 10.6 Å². The molecular formula is C9H13N5O2. The van der Waals surface area contributed by atoms with E-state index in [4.69, 9.17) is 0 Å². The SMILES string of the molecule is CC(=O)Nc1cn(CC(=O)NC2CC2)nn1. The molecule has 1 saturated carbocycles. The lowest BCUT2D eigenvalue weighted by molar-refractivity contribution is -0.122. The maximum Gasteiger partial charge on any atom is 0.242 e. The van der Waals surface area contributed by atoms with Crippen LogP contribution in [0.4, 0.5) is 5.82 Å². The largest absolute Gasteiger partial charge is 0.352 e. The van der Waals surface area contributed by atoms with Gasteiger partial charge in [-0.1, -0.05) is 5.21 Å². The first-order valence-corrected chi connectivity index (χ1v) is 5.10. The molecule has 0 aromatic carbocycles. The number of carbonyl (C=O) groups excluding carboxylic acids is 2. The van der Waals surface area contributed by atoms with Gasteiger partial charge in [0.05, 0.1) is 6.20 Å². The molecule has 0 radical (unpaired) electrons. The van der Waals surface area contributed by atoms with Crippen molar-refractivity contribution in [3.63, 3.8) is 0 Å². The van der Waals surface area contributed by atoms with Crippen molar-refractivity contribution in [1.82, 2.24) is 20.3 Å². The molecule has 1 aliphatic rings. The number of aromatic nitrogens is 3. The van der Waals surface area contributed by atoms with Crippen LogP contribution in [0.3, 0.4) is 0 Å². The Morgan fingerprint density at radius 1 is 1.56 bits per heavy atom. The highest BCUT2D eigenvalue weighted by Gasteiger charge is 2.23. The Labute approximate surface area is 92.2 Å². The molecule has 7 heteroatoms. The molecule has 86 valence electrons. The zero-order valence-electron chi connectivity index (χ0n) is 8.93. The van der Waals surface area contributed by atoms with Crippen LogP contribution in [-0.4, -0.2) is 32.9 Å². The third-order valence-electron chi connectivity index (χ3n) is 2.09. The number of hydrogen-bond acceptors (Lipinski definition) is 4. The first-order chi connectivity index (χ1) is 7.63. The number of anilines is 1. The minimum Gasteiger partial charge on any atom is -0.352 e. The quantitative estimate of drug-likeness (QED) is 0.721. The molecule has 2 rings (SSSR count). The summed E-state index contributed by atoms with van der Waals surface area (Å²) in [5, 5.41) is 12.8. The molecule has 0 atom stereocenters. The van der Waals surface area contributed by atoms with Crippen LogP contribution in [0.2, 0.25) is 0 Å². The van der Waals surface area contributed by atoms with E-state index >= 15 is 0 Å². The van der Waals surface area contributed by atoms with Crippen molar-refractivity contribution in [1.29, 1.82) is 0 Å². The summed E-state index contributed by atoms with van der Waals surface area (Å²) >= 11 is 0. The Morgan fingerprint density at radius 2 is 2.31 bits per heavy atom. The summed E-state index contributed by atoms with van der Waals surface area (Å²) in [4.78, 5) is 22.1. The Balaban J connectivity index is 1.86. The van der Waals surface area contributed by atoms with E-state index in [0.29, 0.717) is 11.9 Å². The van der Waals surface area contributed by atoms with Gasteiger partial charge in [0.1, 0.15) is 6.54 Å². The molecule has 1 fully saturated rings. The van der Waals surface area contributed by atoms with Crippen LogP contribution in [0.25, 0.3) is 0 Å². The van der Waals surface area contributed by atoms with Crippen LogP contribution >= 0.6 is 0 Å². The molecule has 7 nitrogen and oxygen atoms in total. The first-order valence-electron chi connectivity index (χ1n) is 5.10. The lowest BCUT2D eigenvalue weighted by Crippen LogP contribution is -2.29. The van der Waals surface area contributed by atoms with Gasteiger partial charge >= 0.3 is 0 Å². The molecule has 1 heterocycles. The van der Waals surface area contributed by atoms with Crippen molar-refractivity contribution in [2.75, 3.05) is 5.32 Å². The van der Waals surface area contributed by atoms with Crippen LogP contribution in [0, 0.1) is 0 Å². The summed E-state index contributed by atoms with van der Waals surface area (Å²) < 4.78 is 1.39. The molecule has 0 unspecified atom stereocenters. The van der Waals surface area contributed by atoms with E-state index in [1.165, 1.54) is 17.8 Å². The Morgan fingerprint density at radius 3 is 2.94 bits per heavy atom. The van der Waals surface area contributed by atoms with Crippen molar-refractivity contribution in [3.8, 4) is 0 Å². The molecule has 16 heavy (non-hydrogen) atoms. The van der Waals surface area contributed by atoms with Gasteiger partial charge in [-0.25, -0.2) is 4.68 Å². The zero-order valence-corrected chi connectivity index (χ0v) is 8.93. The molecular weight excluding hydrogens is 210 g/mol. The molecule has 2 N–H and O–H groups in total. The average molecular weight is 223 g/mol. The van der Waals surface area contributed by atoms with Crippen molar-refractivity contribution >= 4 is 17.6 Å². The van der Waals surface area contributed by atoms with Crippen LogP contribution in [0.15, 0.2) is 6.20 Å². The third-order valence-corrected chi connectivity index (χ3v) is 2.09. The molecule has 1 aromatic heterocycles. The molecule has 0 aliphatic heterocycles. The van der Waals surface area contributed by atoms with Crippen molar-refractivity contribution in [2.45, 2.75) is 32.4 Å². The lowest BCUT2D eigenvalue weighted by atomic mass is 10.5. The predicted octanol–water partition coefficient (Wildman–Crippen LogP) is -0.485. The summed E-state index contributed by atoms with van der Waals surface area (Å²) in [6.07, 6.45) is 3.63. The number of carbonyl (C=O) groups is 2. The summed E-state index contributed by atoms with van der Waals surface area (Å²) in [6, 6.07) is 0.339. The Kier molecular flexibility index (Phi) is 2.84. The van der Waals surface area contributed by atoms with Gasteiger partial charge in [-0.2, -0.15) is 0 Å². The molecule has 0 saturated heterocycles. The number of rotatable bonds is 4. The van der Waals surface area contributed by atoms with E-state index in [0.717, 1.165) is 12.8 Å². The summed E-state index contributed by atoms with van der Waals surface area (Å²) in [5.41, 5.74) is 0. The Hall–Kier alpha value is -1.92. The van der Waals surface area contributed by atoms with E-state index in [1.807, 2.05) is 0 Å². The average Bonchev–Trinajstić information content (AvgIpc) is 2.87. The first kappa shape index (κ1) is 10.6. The smallest absolute Gasteiger partial charge is 0.242 e. The third kappa shape index (κ3) is 3.04. The topological polar surface area (TPSA) is 88.9 Å². The van der Waals surface area contributed by atoms with Gasteiger partial charge in [0.25, 0.3) is 0 Å². The van der Waals surface area contributed by atoms with Gasteiger partial charge in [0.15, 0.2) is 5.82 Å². The standard InChI is InChI=1S/C9H13N5O2/c1-6(15)10-8-4-14(13-12-8)5-9(16)11-7-2-3-7/h4,7H,2-3,5H2,1H3,(H,10,15)(H,11,16). The van der Waals surface area contributed by atoms with Gasteiger partial charge in [-0.15, -0.1) is 5.10 Å². The van der Waals surface area contributed by atoms with Crippen LogP contribution in [-0.2, 0) is 16.1 Å². The number of nitrogens with one attached hydrogen (secondary N) is 2. The normalized spacial score (nSPS) is 14.6. The van der Waals surface area contributed by atoms with Gasteiger partial charge in [-0.3, -0.25) is 9.59 Å². The van der Waals surface area contributed by atoms with Crippen molar-refractivity contribution < 1.29 is 9.59 Å².